The van der Waals surface area contributed by atoms with E-state index in [9.17, 15) is 5.11 Å². The van der Waals surface area contributed by atoms with E-state index in [-0.39, 0.29) is 6.10 Å². The lowest BCUT2D eigenvalue weighted by Crippen LogP contribution is -2.30. The van der Waals surface area contributed by atoms with Crippen molar-refractivity contribution in [3.8, 4) is 0 Å². The first-order chi connectivity index (χ1) is 8.60. The summed E-state index contributed by atoms with van der Waals surface area (Å²) in [5, 5.41) is 10.9. The van der Waals surface area contributed by atoms with Crippen LogP contribution < -0.4 is 0 Å². The second kappa shape index (κ2) is 6.40. The summed E-state index contributed by atoms with van der Waals surface area (Å²) in [6, 6.07) is 6.02. The molecule has 0 bridgehead atoms. The normalized spacial score (nSPS) is 28.3. The van der Waals surface area contributed by atoms with Crippen molar-refractivity contribution in [1.29, 1.82) is 0 Å². The molecule has 0 heterocycles. The first-order valence-corrected chi connectivity index (χ1v) is 7.89. The van der Waals surface area contributed by atoms with Crippen LogP contribution in [0.4, 0.5) is 0 Å². The number of rotatable bonds is 3. The largest absolute Gasteiger partial charge is 0.393 e. The van der Waals surface area contributed by atoms with Gasteiger partial charge >= 0.3 is 0 Å². The molecular formula is C15H20BrClO. The summed E-state index contributed by atoms with van der Waals surface area (Å²) in [5.41, 5.74) is 1.15. The molecule has 100 valence electrons. The van der Waals surface area contributed by atoms with E-state index >= 15 is 0 Å². The van der Waals surface area contributed by atoms with Crippen LogP contribution in [-0.2, 0) is 6.42 Å². The Bertz CT molecular complexity index is 407. The minimum absolute atomic E-state index is 0.160. The Morgan fingerprint density at radius 1 is 1.39 bits per heavy atom. The molecule has 1 aromatic rings. The van der Waals surface area contributed by atoms with E-state index in [0.717, 1.165) is 40.2 Å². The van der Waals surface area contributed by atoms with E-state index in [1.807, 2.05) is 12.1 Å². The predicted octanol–water partition coefficient (Wildman–Crippen LogP) is 4.83. The smallest absolute Gasteiger partial charge is 0.0571 e. The molecule has 0 spiro atoms. The Kier molecular flexibility index (Phi) is 5.11. The molecule has 3 atom stereocenters. The van der Waals surface area contributed by atoms with Crippen LogP contribution in [0.1, 0.15) is 38.2 Å². The predicted molar refractivity (Wildman–Crippen MR) is 80.0 cm³/mol. The van der Waals surface area contributed by atoms with Crippen LogP contribution in [-0.4, -0.2) is 11.2 Å². The number of aliphatic hydroxyl groups excluding tert-OH is 1. The molecule has 1 aliphatic carbocycles. The van der Waals surface area contributed by atoms with Crippen molar-refractivity contribution in [2.45, 2.75) is 45.1 Å². The van der Waals surface area contributed by atoms with Gasteiger partial charge in [-0.3, -0.25) is 0 Å². The first kappa shape index (κ1) is 14.4. The molecule has 1 N–H and O–H groups in total. The number of benzene rings is 1. The third-order valence-corrected chi connectivity index (χ3v) is 4.97. The second-order valence-electron chi connectivity index (χ2n) is 5.35. The molecule has 0 amide bonds. The molecule has 3 heteroatoms. The molecule has 1 aromatic carbocycles. The van der Waals surface area contributed by atoms with Gasteiger partial charge in [0.05, 0.1) is 6.10 Å². The zero-order valence-corrected chi connectivity index (χ0v) is 13.0. The Hall–Kier alpha value is -0.0500. The van der Waals surface area contributed by atoms with E-state index in [1.165, 1.54) is 12.8 Å². The number of aliphatic hydroxyl groups is 1. The van der Waals surface area contributed by atoms with Gasteiger partial charge in [0.2, 0.25) is 0 Å². The van der Waals surface area contributed by atoms with E-state index in [4.69, 9.17) is 11.6 Å². The highest BCUT2D eigenvalue weighted by atomic mass is 79.9. The van der Waals surface area contributed by atoms with E-state index in [2.05, 4.69) is 28.9 Å². The molecule has 0 radical (unpaired) electrons. The van der Waals surface area contributed by atoms with Gasteiger partial charge in [-0.2, -0.15) is 0 Å². The maximum atomic E-state index is 10.1. The Labute approximate surface area is 123 Å². The third kappa shape index (κ3) is 3.49. The van der Waals surface area contributed by atoms with Gasteiger partial charge in [-0.05, 0) is 55.2 Å². The summed E-state index contributed by atoms with van der Waals surface area (Å²) >= 11 is 9.68. The van der Waals surface area contributed by atoms with Gasteiger partial charge in [-0.25, -0.2) is 0 Å². The number of hydrogen-bond acceptors (Lipinski definition) is 1. The third-order valence-electron chi connectivity index (χ3n) is 4.13. The Morgan fingerprint density at radius 3 is 2.83 bits per heavy atom. The highest BCUT2D eigenvalue weighted by Crippen LogP contribution is 2.35. The van der Waals surface area contributed by atoms with Crippen LogP contribution in [0.2, 0.25) is 5.02 Å². The van der Waals surface area contributed by atoms with Crippen molar-refractivity contribution in [2.75, 3.05) is 0 Å². The Balaban J connectivity index is 2.07. The maximum absolute atomic E-state index is 10.1. The topological polar surface area (TPSA) is 20.2 Å². The van der Waals surface area contributed by atoms with Crippen molar-refractivity contribution < 1.29 is 5.11 Å². The highest BCUT2D eigenvalue weighted by Gasteiger charge is 2.28. The molecule has 2 rings (SSSR count). The summed E-state index contributed by atoms with van der Waals surface area (Å²) in [6.07, 6.45) is 5.19. The van der Waals surface area contributed by atoms with Gasteiger partial charge < -0.3 is 5.11 Å². The van der Waals surface area contributed by atoms with Crippen LogP contribution in [0.25, 0.3) is 0 Å². The average Bonchev–Trinajstić information content (AvgIpc) is 2.35. The first-order valence-electron chi connectivity index (χ1n) is 6.72. The Morgan fingerprint density at radius 2 is 2.17 bits per heavy atom. The van der Waals surface area contributed by atoms with Crippen LogP contribution in [0.3, 0.4) is 0 Å². The van der Waals surface area contributed by atoms with Crippen LogP contribution in [0.5, 0.6) is 0 Å². The van der Waals surface area contributed by atoms with Crippen molar-refractivity contribution in [1.82, 2.24) is 0 Å². The van der Waals surface area contributed by atoms with Crippen LogP contribution in [0, 0.1) is 11.8 Å². The van der Waals surface area contributed by atoms with E-state index in [0.29, 0.717) is 5.92 Å². The molecule has 1 fully saturated rings. The van der Waals surface area contributed by atoms with Crippen molar-refractivity contribution in [3.05, 3.63) is 33.3 Å². The summed E-state index contributed by atoms with van der Waals surface area (Å²) in [6.45, 7) is 2.24. The number of hydrogen-bond donors (Lipinski definition) is 1. The fourth-order valence-corrected chi connectivity index (χ4v) is 3.66. The minimum Gasteiger partial charge on any atom is -0.393 e. The molecule has 0 aliphatic heterocycles. The SMILES string of the molecule is CCC1CCC(O)C(Cc2ccc(Br)cc2Cl)C1. The fourth-order valence-electron chi connectivity index (χ4n) is 2.91. The minimum atomic E-state index is -0.160. The maximum Gasteiger partial charge on any atom is 0.0571 e. The summed E-state index contributed by atoms with van der Waals surface area (Å²) in [5.74, 6) is 1.13. The molecule has 1 nitrogen and oxygen atoms in total. The summed E-state index contributed by atoms with van der Waals surface area (Å²) in [4.78, 5) is 0. The van der Waals surface area contributed by atoms with Crippen LogP contribution in [0.15, 0.2) is 22.7 Å². The van der Waals surface area contributed by atoms with E-state index < -0.39 is 0 Å². The average molecular weight is 332 g/mol. The lowest BCUT2D eigenvalue weighted by Gasteiger charge is -2.33. The molecule has 1 aliphatic rings. The van der Waals surface area contributed by atoms with Gasteiger partial charge in [-0.1, -0.05) is 46.9 Å². The molecule has 3 unspecified atom stereocenters. The quantitative estimate of drug-likeness (QED) is 0.841. The van der Waals surface area contributed by atoms with Gasteiger partial charge in [0.1, 0.15) is 0 Å². The summed E-state index contributed by atoms with van der Waals surface area (Å²) < 4.78 is 1.01. The monoisotopic (exact) mass is 330 g/mol. The zero-order chi connectivity index (χ0) is 13.1. The van der Waals surface area contributed by atoms with Gasteiger partial charge in [0, 0.05) is 9.50 Å². The summed E-state index contributed by atoms with van der Waals surface area (Å²) in [7, 11) is 0. The molecular weight excluding hydrogens is 312 g/mol. The number of halogens is 2. The highest BCUT2D eigenvalue weighted by molar-refractivity contribution is 9.10. The van der Waals surface area contributed by atoms with Crippen molar-refractivity contribution in [2.24, 2.45) is 11.8 Å². The van der Waals surface area contributed by atoms with Crippen LogP contribution >= 0.6 is 27.5 Å². The lowest BCUT2D eigenvalue weighted by atomic mass is 9.76. The van der Waals surface area contributed by atoms with Gasteiger partial charge in [-0.15, -0.1) is 0 Å². The van der Waals surface area contributed by atoms with Gasteiger partial charge in [0.25, 0.3) is 0 Å². The molecule has 0 saturated heterocycles. The van der Waals surface area contributed by atoms with Crippen molar-refractivity contribution >= 4 is 27.5 Å². The molecule has 1 saturated carbocycles. The molecule has 18 heavy (non-hydrogen) atoms. The standard InChI is InChI=1S/C15H20BrClO/c1-2-10-3-6-15(18)12(7-10)8-11-4-5-13(16)9-14(11)17/h4-5,9-10,12,15,18H,2-3,6-8H2,1H3. The van der Waals surface area contributed by atoms with Crippen molar-refractivity contribution in [3.63, 3.8) is 0 Å². The fraction of sp³-hybridized carbons (Fsp3) is 0.600. The van der Waals surface area contributed by atoms with E-state index in [1.54, 1.807) is 0 Å². The van der Waals surface area contributed by atoms with Gasteiger partial charge in [0.15, 0.2) is 0 Å². The second-order valence-corrected chi connectivity index (χ2v) is 6.68. The molecule has 0 aromatic heterocycles. The lowest BCUT2D eigenvalue weighted by molar-refractivity contribution is 0.0475. The zero-order valence-electron chi connectivity index (χ0n) is 10.7.